The van der Waals surface area contributed by atoms with E-state index in [2.05, 4.69) is 19.0 Å². The Balaban J connectivity index is 2.88. The average Bonchev–Trinajstić information content (AvgIpc) is 2.24. The Morgan fingerprint density at radius 3 is 2.24 bits per heavy atom. The van der Waals surface area contributed by atoms with Gasteiger partial charge in [0.2, 0.25) is 5.91 Å². The van der Waals surface area contributed by atoms with Gasteiger partial charge >= 0.3 is 0 Å². The fourth-order valence-corrected chi connectivity index (χ4v) is 2.18. The smallest absolute Gasteiger partial charge is 0.236 e. The van der Waals surface area contributed by atoms with Crippen LogP contribution in [0.15, 0.2) is 5.16 Å². The van der Waals surface area contributed by atoms with Crippen LogP contribution in [-0.2, 0) is 4.79 Å². The van der Waals surface area contributed by atoms with Crippen LogP contribution in [0.1, 0.15) is 40.0 Å². The lowest BCUT2D eigenvalue weighted by molar-refractivity contribution is -0.143. The third-order valence-corrected chi connectivity index (χ3v) is 4.11. The molecule has 1 atom stereocenters. The molecule has 1 unspecified atom stereocenters. The lowest BCUT2D eigenvalue weighted by Crippen LogP contribution is -2.56. The molecule has 98 valence electrons. The topological polar surface area (TPSA) is 78.9 Å². The molecule has 5 heteroatoms. The van der Waals surface area contributed by atoms with Crippen LogP contribution in [0.25, 0.3) is 0 Å². The number of amides is 1. The number of nitrogens with two attached hydrogens (primary N) is 1. The second-order valence-electron chi connectivity index (χ2n) is 5.32. The highest BCUT2D eigenvalue weighted by Crippen LogP contribution is 2.43. The van der Waals surface area contributed by atoms with Crippen LogP contribution < -0.4 is 5.73 Å². The summed E-state index contributed by atoms with van der Waals surface area (Å²) >= 11 is 0. The number of carbonyl (C=O) groups is 1. The summed E-state index contributed by atoms with van der Waals surface area (Å²) in [6.07, 6.45) is 2.31. The highest BCUT2D eigenvalue weighted by atomic mass is 16.4. The number of nitrogens with zero attached hydrogens (tertiary/aromatic N) is 2. The molecule has 1 rings (SSSR count). The van der Waals surface area contributed by atoms with Crippen molar-refractivity contribution in [2.24, 2.45) is 22.2 Å². The van der Waals surface area contributed by atoms with Crippen LogP contribution in [-0.4, -0.2) is 34.9 Å². The molecule has 1 saturated carbocycles. The van der Waals surface area contributed by atoms with Crippen molar-refractivity contribution in [1.82, 2.24) is 4.90 Å². The Hall–Kier alpha value is -1.26. The van der Waals surface area contributed by atoms with Gasteiger partial charge in [-0.2, -0.15) is 0 Å². The minimum Gasteiger partial charge on any atom is -0.409 e. The third-order valence-electron chi connectivity index (χ3n) is 4.11. The number of rotatable bonds is 4. The summed E-state index contributed by atoms with van der Waals surface area (Å²) in [7, 11) is 1.79. The number of oxime groups is 1. The third kappa shape index (κ3) is 2.23. The minimum absolute atomic E-state index is 0.0275. The summed E-state index contributed by atoms with van der Waals surface area (Å²) in [6.45, 7) is 6.16. The van der Waals surface area contributed by atoms with Crippen molar-refractivity contribution < 1.29 is 10.0 Å². The Bertz CT molecular complexity index is 322. The van der Waals surface area contributed by atoms with Crippen molar-refractivity contribution in [3.63, 3.8) is 0 Å². The van der Waals surface area contributed by atoms with Crippen LogP contribution in [0.3, 0.4) is 0 Å². The Kier molecular flexibility index (Phi) is 4.01. The lowest BCUT2D eigenvalue weighted by atomic mass is 9.66. The monoisotopic (exact) mass is 241 g/mol. The van der Waals surface area contributed by atoms with Crippen molar-refractivity contribution in [1.29, 1.82) is 0 Å². The van der Waals surface area contributed by atoms with Gasteiger partial charge in [0, 0.05) is 13.1 Å². The van der Waals surface area contributed by atoms with Crippen molar-refractivity contribution >= 4 is 11.7 Å². The van der Waals surface area contributed by atoms with E-state index in [1.807, 2.05) is 6.92 Å². The van der Waals surface area contributed by atoms with Crippen LogP contribution in [0.4, 0.5) is 0 Å². The summed E-state index contributed by atoms with van der Waals surface area (Å²) in [5, 5.41) is 11.8. The maximum absolute atomic E-state index is 12.4. The number of hydrogen-bond acceptors (Lipinski definition) is 3. The van der Waals surface area contributed by atoms with Gasteiger partial charge in [-0.1, -0.05) is 25.4 Å². The lowest BCUT2D eigenvalue weighted by Gasteiger charge is -2.43. The maximum atomic E-state index is 12.4. The van der Waals surface area contributed by atoms with Crippen LogP contribution in [0.2, 0.25) is 0 Å². The van der Waals surface area contributed by atoms with E-state index in [0.29, 0.717) is 18.8 Å². The summed E-state index contributed by atoms with van der Waals surface area (Å²) in [4.78, 5) is 14.2. The molecular formula is C12H23N3O2. The van der Waals surface area contributed by atoms with Crippen molar-refractivity contribution in [3.05, 3.63) is 0 Å². The van der Waals surface area contributed by atoms with Crippen molar-refractivity contribution in [3.8, 4) is 0 Å². The minimum atomic E-state index is -0.757. The second kappa shape index (κ2) is 4.94. The van der Waals surface area contributed by atoms with Crippen LogP contribution in [0, 0.1) is 11.3 Å². The fraction of sp³-hybridized carbons (Fsp3) is 0.833. The van der Waals surface area contributed by atoms with Gasteiger partial charge in [-0.05, 0) is 25.7 Å². The zero-order valence-electron chi connectivity index (χ0n) is 11.1. The van der Waals surface area contributed by atoms with E-state index < -0.39 is 5.41 Å². The number of carbonyl (C=O) groups excluding carboxylic acids is 1. The molecule has 0 spiro atoms. The normalized spacial score (nSPS) is 20.9. The van der Waals surface area contributed by atoms with Crippen LogP contribution >= 0.6 is 0 Å². The highest BCUT2D eigenvalue weighted by Gasteiger charge is 2.50. The maximum Gasteiger partial charge on any atom is 0.236 e. The average molecular weight is 241 g/mol. The highest BCUT2D eigenvalue weighted by molar-refractivity contribution is 6.07. The predicted octanol–water partition coefficient (Wildman–Crippen LogP) is 1.41. The molecule has 0 aromatic carbocycles. The first-order chi connectivity index (χ1) is 7.86. The summed E-state index contributed by atoms with van der Waals surface area (Å²) in [6, 6.07) is 0.145. The number of amidine groups is 1. The first-order valence-electron chi connectivity index (χ1n) is 6.12. The van der Waals surface area contributed by atoms with E-state index in [9.17, 15) is 4.79 Å². The molecule has 0 bridgehead atoms. The molecule has 1 fully saturated rings. The summed E-state index contributed by atoms with van der Waals surface area (Å²) < 4.78 is 0. The molecule has 0 heterocycles. The Labute approximate surface area is 103 Å². The molecule has 17 heavy (non-hydrogen) atoms. The molecule has 5 nitrogen and oxygen atoms in total. The van der Waals surface area contributed by atoms with Gasteiger partial charge in [-0.15, -0.1) is 0 Å². The van der Waals surface area contributed by atoms with Crippen molar-refractivity contribution in [2.75, 3.05) is 7.05 Å². The zero-order valence-corrected chi connectivity index (χ0v) is 11.1. The van der Waals surface area contributed by atoms with Gasteiger partial charge < -0.3 is 15.8 Å². The summed E-state index contributed by atoms with van der Waals surface area (Å²) in [5.74, 6) is 0.408. The number of hydrogen-bond donors (Lipinski definition) is 2. The van der Waals surface area contributed by atoms with Gasteiger partial charge in [0.05, 0.1) is 0 Å². The molecule has 1 amide bonds. The molecule has 0 saturated heterocycles. The van der Waals surface area contributed by atoms with Crippen molar-refractivity contribution in [2.45, 2.75) is 46.1 Å². The van der Waals surface area contributed by atoms with Gasteiger partial charge in [0.1, 0.15) is 5.41 Å². The van der Waals surface area contributed by atoms with Gasteiger partial charge in [0.15, 0.2) is 5.84 Å². The second-order valence-corrected chi connectivity index (χ2v) is 5.32. The summed E-state index contributed by atoms with van der Waals surface area (Å²) in [5.41, 5.74) is 4.92. The molecule has 0 aliphatic heterocycles. The zero-order chi connectivity index (χ0) is 13.2. The quantitative estimate of drug-likeness (QED) is 0.338. The van der Waals surface area contributed by atoms with Gasteiger partial charge in [-0.25, -0.2) is 0 Å². The van der Waals surface area contributed by atoms with Gasteiger partial charge in [-0.3, -0.25) is 4.79 Å². The largest absolute Gasteiger partial charge is 0.409 e. The predicted molar refractivity (Wildman–Crippen MR) is 66.8 cm³/mol. The Morgan fingerprint density at radius 1 is 1.41 bits per heavy atom. The first-order valence-corrected chi connectivity index (χ1v) is 6.12. The fourth-order valence-electron chi connectivity index (χ4n) is 2.18. The van der Waals surface area contributed by atoms with E-state index in [-0.39, 0.29) is 17.8 Å². The molecule has 0 aromatic rings. The van der Waals surface area contributed by atoms with Gasteiger partial charge in [0.25, 0.3) is 0 Å². The molecule has 1 aliphatic carbocycles. The molecular weight excluding hydrogens is 218 g/mol. The molecule has 0 aromatic heterocycles. The van der Waals surface area contributed by atoms with E-state index in [0.717, 1.165) is 6.42 Å². The molecule has 0 radical (unpaired) electrons. The van der Waals surface area contributed by atoms with E-state index >= 15 is 0 Å². The Morgan fingerprint density at radius 2 is 1.94 bits per heavy atom. The molecule has 1 aliphatic rings. The van der Waals surface area contributed by atoms with E-state index in [4.69, 9.17) is 10.9 Å². The standard InChI is InChI=1S/C12H23N3O2/c1-8(2)9(3)15(4)11(16)12(6-5-7-12)10(13)14-17/h8-9,17H,5-7H2,1-4H3,(H2,13,14). The van der Waals surface area contributed by atoms with E-state index in [1.165, 1.54) is 0 Å². The molecule has 3 N–H and O–H groups in total. The SMILES string of the molecule is CC(C)C(C)N(C)C(=O)C1(C(N)=NO)CCC1. The first kappa shape index (κ1) is 13.8. The van der Waals surface area contributed by atoms with E-state index in [1.54, 1.807) is 11.9 Å². The van der Waals surface area contributed by atoms with Crippen LogP contribution in [0.5, 0.6) is 0 Å².